The maximum atomic E-state index is 13.3. The summed E-state index contributed by atoms with van der Waals surface area (Å²) in [6, 6.07) is 5.79. The summed E-state index contributed by atoms with van der Waals surface area (Å²) < 4.78 is 17.5. The lowest BCUT2D eigenvalue weighted by Gasteiger charge is -2.22. The highest BCUT2D eigenvalue weighted by Crippen LogP contribution is 2.42. The fraction of sp³-hybridized carbons (Fsp3) is 0.560. The van der Waals surface area contributed by atoms with Gasteiger partial charge in [0.05, 0.1) is 25.9 Å². The summed E-state index contributed by atoms with van der Waals surface area (Å²) >= 11 is 0. The second kappa shape index (κ2) is 11.1. The van der Waals surface area contributed by atoms with Crippen molar-refractivity contribution in [3.05, 3.63) is 29.3 Å². The molecule has 0 unspecified atom stereocenters. The van der Waals surface area contributed by atoms with Crippen LogP contribution in [0.5, 0.6) is 17.2 Å². The van der Waals surface area contributed by atoms with Crippen LogP contribution in [0, 0.1) is 0 Å². The van der Waals surface area contributed by atoms with Crippen LogP contribution in [-0.4, -0.2) is 26.1 Å². The zero-order valence-corrected chi connectivity index (χ0v) is 18.9. The maximum absolute atomic E-state index is 13.3. The minimum absolute atomic E-state index is 0.0229. The Bertz CT molecular complexity index is 823. The molecule has 0 radical (unpaired) electrons. The number of carbonyl (C=O) groups is 1. The van der Waals surface area contributed by atoms with Gasteiger partial charge in [-0.3, -0.25) is 4.79 Å². The van der Waals surface area contributed by atoms with Gasteiger partial charge in [0, 0.05) is 17.2 Å². The van der Waals surface area contributed by atoms with E-state index < -0.39 is 0 Å². The minimum atomic E-state index is -0.0229. The lowest BCUT2D eigenvalue weighted by atomic mass is 9.89. The molecule has 0 aliphatic carbocycles. The summed E-state index contributed by atoms with van der Waals surface area (Å²) in [7, 11) is 3.34. The molecule has 4 heteroatoms. The van der Waals surface area contributed by atoms with E-state index in [4.69, 9.17) is 14.2 Å². The molecule has 0 saturated heterocycles. The Morgan fingerprint density at radius 3 is 2.17 bits per heavy atom. The quantitative estimate of drug-likeness (QED) is 0.292. The molecule has 29 heavy (non-hydrogen) atoms. The summed E-state index contributed by atoms with van der Waals surface area (Å²) in [5, 5.41) is 1.90. The predicted molar refractivity (Wildman–Crippen MR) is 120 cm³/mol. The molecular formula is C25H36O4. The van der Waals surface area contributed by atoms with Gasteiger partial charge >= 0.3 is 0 Å². The Balaban J connectivity index is 2.84. The van der Waals surface area contributed by atoms with Gasteiger partial charge < -0.3 is 14.2 Å². The molecule has 2 aromatic carbocycles. The van der Waals surface area contributed by atoms with Gasteiger partial charge in [-0.05, 0) is 56.9 Å². The second-order valence-electron chi connectivity index (χ2n) is 7.77. The molecule has 0 N–H and O–H groups in total. The van der Waals surface area contributed by atoms with Crippen molar-refractivity contribution in [2.75, 3.05) is 14.2 Å². The molecule has 2 aromatic rings. The van der Waals surface area contributed by atoms with Gasteiger partial charge in [-0.15, -0.1) is 0 Å². The van der Waals surface area contributed by atoms with Crippen molar-refractivity contribution in [1.82, 2.24) is 0 Å². The number of carbonyl (C=O) groups excluding carboxylic acids is 1. The normalized spacial score (nSPS) is 11.1. The van der Waals surface area contributed by atoms with E-state index in [1.807, 2.05) is 32.0 Å². The first-order valence-corrected chi connectivity index (χ1v) is 10.9. The van der Waals surface area contributed by atoms with Crippen LogP contribution in [0.1, 0.15) is 82.1 Å². The highest BCUT2D eigenvalue weighted by atomic mass is 16.5. The van der Waals surface area contributed by atoms with E-state index in [2.05, 4.69) is 13.8 Å². The van der Waals surface area contributed by atoms with Gasteiger partial charge in [0.25, 0.3) is 0 Å². The van der Waals surface area contributed by atoms with E-state index in [0.717, 1.165) is 71.9 Å². The lowest BCUT2D eigenvalue weighted by Crippen LogP contribution is -2.13. The highest BCUT2D eigenvalue weighted by molar-refractivity contribution is 6.08. The number of Topliss-reactive ketones (excluding diaryl/α,β-unsaturated/α-hetero) is 1. The van der Waals surface area contributed by atoms with Crippen LogP contribution in [0.25, 0.3) is 10.8 Å². The number of methoxy groups -OCH3 is 2. The Kier molecular flexibility index (Phi) is 8.81. The number of ketones is 1. The highest BCUT2D eigenvalue weighted by Gasteiger charge is 2.24. The number of ether oxygens (including phenoxy) is 3. The SMILES string of the molecule is CCCCCc1c(C(=O)CCCC)c(OC(C)C)cc2c(OC)ccc(OC)c12. The summed E-state index contributed by atoms with van der Waals surface area (Å²) in [5.41, 5.74) is 1.76. The fourth-order valence-corrected chi connectivity index (χ4v) is 3.78. The van der Waals surface area contributed by atoms with Gasteiger partial charge in [0.1, 0.15) is 17.2 Å². The standard InChI is InChI=1S/C25H36O4/c1-7-9-11-12-18-24-19(21(27-5)14-15-22(24)28-6)16-23(29-17(3)4)25(18)20(26)13-10-8-2/h14-17H,7-13H2,1-6H3. The molecule has 0 saturated carbocycles. The predicted octanol–water partition coefficient (Wildman–Crippen LogP) is 6.75. The third kappa shape index (κ3) is 5.43. The lowest BCUT2D eigenvalue weighted by molar-refractivity contribution is 0.0973. The van der Waals surface area contributed by atoms with Crippen molar-refractivity contribution in [3.8, 4) is 17.2 Å². The van der Waals surface area contributed by atoms with E-state index >= 15 is 0 Å². The van der Waals surface area contributed by atoms with E-state index in [1.54, 1.807) is 14.2 Å². The van der Waals surface area contributed by atoms with Gasteiger partial charge in [0.2, 0.25) is 0 Å². The molecule has 0 fully saturated rings. The molecule has 0 spiro atoms. The van der Waals surface area contributed by atoms with Gasteiger partial charge in [0.15, 0.2) is 5.78 Å². The van der Waals surface area contributed by atoms with Crippen molar-refractivity contribution in [2.24, 2.45) is 0 Å². The molecule has 2 rings (SSSR count). The molecule has 0 bridgehead atoms. The van der Waals surface area contributed by atoms with Crippen LogP contribution in [0.2, 0.25) is 0 Å². The number of rotatable bonds is 12. The Morgan fingerprint density at radius 2 is 1.59 bits per heavy atom. The first kappa shape index (κ1) is 23.1. The Labute approximate surface area is 175 Å². The van der Waals surface area contributed by atoms with Crippen LogP contribution in [0.3, 0.4) is 0 Å². The third-order valence-corrected chi connectivity index (χ3v) is 5.16. The monoisotopic (exact) mass is 400 g/mol. The average Bonchev–Trinajstić information content (AvgIpc) is 2.70. The fourth-order valence-electron chi connectivity index (χ4n) is 3.78. The van der Waals surface area contributed by atoms with Crippen molar-refractivity contribution in [3.63, 3.8) is 0 Å². The van der Waals surface area contributed by atoms with Crippen molar-refractivity contribution < 1.29 is 19.0 Å². The van der Waals surface area contributed by atoms with Crippen LogP contribution in [-0.2, 0) is 6.42 Å². The number of unbranched alkanes of at least 4 members (excludes halogenated alkanes) is 3. The van der Waals surface area contributed by atoms with E-state index in [9.17, 15) is 4.79 Å². The summed E-state index contributed by atoms with van der Waals surface area (Å²) in [6.45, 7) is 8.27. The maximum Gasteiger partial charge on any atom is 0.166 e. The average molecular weight is 401 g/mol. The molecule has 160 valence electrons. The molecule has 0 aliphatic heterocycles. The van der Waals surface area contributed by atoms with Gasteiger partial charge in [-0.25, -0.2) is 0 Å². The topological polar surface area (TPSA) is 44.8 Å². The van der Waals surface area contributed by atoms with Crippen LogP contribution < -0.4 is 14.2 Å². The summed E-state index contributed by atoms with van der Waals surface area (Å²) in [6.07, 6.45) is 6.45. The molecule has 0 amide bonds. The van der Waals surface area contributed by atoms with E-state index in [0.29, 0.717) is 12.2 Å². The molecule has 0 heterocycles. The molecule has 0 atom stereocenters. The summed E-state index contributed by atoms with van der Waals surface area (Å²) in [4.78, 5) is 13.3. The van der Waals surface area contributed by atoms with Crippen LogP contribution >= 0.6 is 0 Å². The molecule has 0 aliphatic rings. The third-order valence-electron chi connectivity index (χ3n) is 5.16. The number of hydrogen-bond donors (Lipinski definition) is 0. The van der Waals surface area contributed by atoms with Crippen molar-refractivity contribution in [2.45, 2.75) is 78.7 Å². The van der Waals surface area contributed by atoms with Crippen LogP contribution in [0.4, 0.5) is 0 Å². The Hall–Kier alpha value is -2.23. The molecule has 4 nitrogen and oxygen atoms in total. The number of fused-ring (bicyclic) bond motifs is 1. The zero-order valence-electron chi connectivity index (χ0n) is 18.9. The minimum Gasteiger partial charge on any atom is -0.496 e. The summed E-state index contributed by atoms with van der Waals surface area (Å²) in [5.74, 6) is 2.35. The largest absolute Gasteiger partial charge is 0.496 e. The van der Waals surface area contributed by atoms with Gasteiger partial charge in [-0.2, -0.15) is 0 Å². The first-order chi connectivity index (χ1) is 14.0. The molecular weight excluding hydrogens is 364 g/mol. The van der Waals surface area contributed by atoms with Crippen LogP contribution in [0.15, 0.2) is 18.2 Å². The van der Waals surface area contributed by atoms with E-state index in [1.165, 1.54) is 0 Å². The van der Waals surface area contributed by atoms with E-state index in [-0.39, 0.29) is 11.9 Å². The molecule has 0 aromatic heterocycles. The number of aryl methyl sites for hydroxylation is 1. The zero-order chi connectivity index (χ0) is 21.4. The first-order valence-electron chi connectivity index (χ1n) is 10.9. The number of hydrogen-bond acceptors (Lipinski definition) is 4. The second-order valence-corrected chi connectivity index (χ2v) is 7.77. The smallest absolute Gasteiger partial charge is 0.166 e. The van der Waals surface area contributed by atoms with Crippen molar-refractivity contribution >= 4 is 16.6 Å². The number of benzene rings is 2. The Morgan fingerprint density at radius 1 is 0.931 bits per heavy atom. The van der Waals surface area contributed by atoms with Gasteiger partial charge in [-0.1, -0.05) is 33.1 Å². The van der Waals surface area contributed by atoms with Crippen molar-refractivity contribution in [1.29, 1.82) is 0 Å².